The summed E-state index contributed by atoms with van der Waals surface area (Å²) in [5.41, 5.74) is 0.647. The first-order valence-corrected chi connectivity index (χ1v) is 8.72. The van der Waals surface area contributed by atoms with E-state index in [1.165, 1.54) is 7.11 Å². The molecule has 0 saturated carbocycles. The number of methoxy groups -OCH3 is 3. The van der Waals surface area contributed by atoms with Crippen LogP contribution in [0.1, 0.15) is 5.89 Å². The molecular weight excluding hydrogens is 378 g/mol. The fraction of sp³-hybridized carbons (Fsp3) is 0.250. The van der Waals surface area contributed by atoms with Gasteiger partial charge in [0.1, 0.15) is 11.5 Å². The quantitative estimate of drug-likeness (QED) is 0.585. The standard InChI is InChI=1S/C20H21N3O6/c1-25-13-8-9-14(17(10-13)27-3)20-22-19(29-23-20)11-21-18(24)12-28-16-7-5-4-6-15(16)26-2/h4-10H,11-12H2,1-3H3,(H,21,24). The topological polar surface area (TPSA) is 105 Å². The number of carbonyl (C=O) groups is 1. The van der Waals surface area contributed by atoms with Crippen molar-refractivity contribution in [3.05, 3.63) is 48.4 Å². The van der Waals surface area contributed by atoms with Gasteiger partial charge in [-0.3, -0.25) is 4.79 Å². The molecule has 0 saturated heterocycles. The predicted octanol–water partition coefficient (Wildman–Crippen LogP) is 2.46. The van der Waals surface area contributed by atoms with Crippen molar-refractivity contribution in [2.75, 3.05) is 27.9 Å². The Balaban J connectivity index is 1.57. The van der Waals surface area contributed by atoms with Crippen molar-refractivity contribution >= 4 is 5.91 Å². The van der Waals surface area contributed by atoms with Crippen LogP contribution in [0.5, 0.6) is 23.0 Å². The first kappa shape index (κ1) is 20.0. The summed E-state index contributed by atoms with van der Waals surface area (Å²) in [6.07, 6.45) is 0. The summed E-state index contributed by atoms with van der Waals surface area (Å²) in [6.45, 7) is -0.104. The molecule has 0 unspecified atom stereocenters. The third-order valence-corrected chi connectivity index (χ3v) is 3.98. The zero-order valence-corrected chi connectivity index (χ0v) is 16.3. The Kier molecular flexibility index (Phi) is 6.51. The van der Waals surface area contributed by atoms with E-state index in [1.807, 2.05) is 6.07 Å². The summed E-state index contributed by atoms with van der Waals surface area (Å²) < 4.78 is 26.4. The Morgan fingerprint density at radius 3 is 2.48 bits per heavy atom. The molecule has 2 aromatic carbocycles. The van der Waals surface area contributed by atoms with Crippen LogP contribution in [0.25, 0.3) is 11.4 Å². The molecule has 1 amide bonds. The Morgan fingerprint density at radius 1 is 1.00 bits per heavy atom. The number of benzene rings is 2. The van der Waals surface area contributed by atoms with Crippen molar-refractivity contribution in [1.29, 1.82) is 0 Å². The van der Waals surface area contributed by atoms with Crippen LogP contribution in [0.3, 0.4) is 0 Å². The van der Waals surface area contributed by atoms with Gasteiger partial charge in [0.2, 0.25) is 11.7 Å². The number of amides is 1. The fourth-order valence-corrected chi connectivity index (χ4v) is 2.53. The van der Waals surface area contributed by atoms with Crippen molar-refractivity contribution in [1.82, 2.24) is 15.5 Å². The van der Waals surface area contributed by atoms with Crippen LogP contribution in [0.15, 0.2) is 47.0 Å². The van der Waals surface area contributed by atoms with E-state index in [-0.39, 0.29) is 24.9 Å². The second kappa shape index (κ2) is 9.45. The van der Waals surface area contributed by atoms with Gasteiger partial charge < -0.3 is 28.8 Å². The van der Waals surface area contributed by atoms with E-state index in [1.54, 1.807) is 50.6 Å². The van der Waals surface area contributed by atoms with Gasteiger partial charge in [-0.2, -0.15) is 4.98 Å². The van der Waals surface area contributed by atoms with Crippen LogP contribution in [0.4, 0.5) is 0 Å². The molecule has 0 radical (unpaired) electrons. The molecule has 0 spiro atoms. The molecule has 3 rings (SSSR count). The van der Waals surface area contributed by atoms with Gasteiger partial charge in [0.15, 0.2) is 18.1 Å². The molecule has 0 fully saturated rings. The summed E-state index contributed by atoms with van der Waals surface area (Å²) in [5, 5.41) is 6.60. The Bertz CT molecular complexity index is 972. The van der Waals surface area contributed by atoms with Gasteiger partial charge in [0.05, 0.1) is 33.4 Å². The molecule has 1 aromatic heterocycles. The summed E-state index contributed by atoms with van der Waals surface area (Å²) >= 11 is 0. The van der Waals surface area contributed by atoms with Crippen LogP contribution in [-0.4, -0.2) is 44.0 Å². The molecule has 9 heteroatoms. The number of hydrogen-bond acceptors (Lipinski definition) is 8. The van der Waals surface area contributed by atoms with Crippen LogP contribution < -0.4 is 24.3 Å². The van der Waals surface area contributed by atoms with Gasteiger partial charge in [-0.15, -0.1) is 0 Å². The number of nitrogens with one attached hydrogen (secondary N) is 1. The van der Waals surface area contributed by atoms with Crippen molar-refractivity contribution in [3.63, 3.8) is 0 Å². The molecule has 0 bridgehead atoms. The van der Waals surface area contributed by atoms with E-state index in [2.05, 4.69) is 15.5 Å². The van der Waals surface area contributed by atoms with Gasteiger partial charge in [0.25, 0.3) is 5.91 Å². The van der Waals surface area contributed by atoms with E-state index in [9.17, 15) is 4.79 Å². The average molecular weight is 399 g/mol. The molecule has 0 atom stereocenters. The molecule has 152 valence electrons. The number of rotatable bonds is 9. The molecule has 1 heterocycles. The summed E-state index contributed by atoms with van der Waals surface area (Å²) in [7, 11) is 4.65. The van der Waals surface area contributed by atoms with Crippen LogP contribution >= 0.6 is 0 Å². The summed E-state index contributed by atoms with van der Waals surface area (Å²) in [4.78, 5) is 16.3. The van der Waals surface area contributed by atoms with Gasteiger partial charge in [-0.25, -0.2) is 0 Å². The maximum Gasteiger partial charge on any atom is 0.258 e. The maximum absolute atomic E-state index is 12.0. The highest BCUT2D eigenvalue weighted by atomic mass is 16.5. The van der Waals surface area contributed by atoms with Gasteiger partial charge >= 0.3 is 0 Å². The molecule has 9 nitrogen and oxygen atoms in total. The lowest BCUT2D eigenvalue weighted by molar-refractivity contribution is -0.123. The largest absolute Gasteiger partial charge is 0.497 e. The molecule has 0 aliphatic carbocycles. The third-order valence-electron chi connectivity index (χ3n) is 3.98. The second-order valence-corrected chi connectivity index (χ2v) is 5.79. The monoisotopic (exact) mass is 399 g/mol. The number of nitrogens with zero attached hydrogens (tertiary/aromatic N) is 2. The van der Waals surface area contributed by atoms with E-state index < -0.39 is 0 Å². The normalized spacial score (nSPS) is 10.3. The van der Waals surface area contributed by atoms with Crippen LogP contribution in [0.2, 0.25) is 0 Å². The van der Waals surface area contributed by atoms with E-state index >= 15 is 0 Å². The summed E-state index contributed by atoms with van der Waals surface area (Å²) in [6, 6.07) is 12.3. The Hall–Kier alpha value is -3.75. The number of hydrogen-bond donors (Lipinski definition) is 1. The third kappa shape index (κ3) is 4.95. The second-order valence-electron chi connectivity index (χ2n) is 5.79. The minimum absolute atomic E-state index is 0.0690. The van der Waals surface area contributed by atoms with Crippen molar-refractivity contribution in [2.24, 2.45) is 0 Å². The first-order chi connectivity index (χ1) is 14.1. The maximum atomic E-state index is 12.0. The van der Waals surface area contributed by atoms with Crippen molar-refractivity contribution < 1.29 is 28.3 Å². The Labute approximate surface area is 167 Å². The minimum Gasteiger partial charge on any atom is -0.497 e. The lowest BCUT2D eigenvalue weighted by atomic mass is 10.2. The zero-order valence-electron chi connectivity index (χ0n) is 16.3. The van der Waals surface area contributed by atoms with E-state index in [0.29, 0.717) is 34.4 Å². The highest BCUT2D eigenvalue weighted by Gasteiger charge is 2.15. The van der Waals surface area contributed by atoms with Crippen LogP contribution in [0, 0.1) is 0 Å². The number of aromatic nitrogens is 2. The average Bonchev–Trinajstić information content (AvgIpc) is 3.24. The lowest BCUT2D eigenvalue weighted by Gasteiger charge is -2.09. The highest BCUT2D eigenvalue weighted by Crippen LogP contribution is 2.31. The minimum atomic E-state index is -0.335. The molecule has 0 aliphatic heterocycles. The van der Waals surface area contributed by atoms with E-state index in [4.69, 9.17) is 23.5 Å². The molecular formula is C20H21N3O6. The van der Waals surface area contributed by atoms with Crippen molar-refractivity contribution in [3.8, 4) is 34.4 Å². The van der Waals surface area contributed by atoms with E-state index in [0.717, 1.165) is 0 Å². The van der Waals surface area contributed by atoms with Gasteiger partial charge in [-0.1, -0.05) is 17.3 Å². The number of ether oxygens (including phenoxy) is 4. The molecule has 1 N–H and O–H groups in total. The predicted molar refractivity (Wildman–Crippen MR) is 103 cm³/mol. The fourth-order valence-electron chi connectivity index (χ4n) is 2.53. The van der Waals surface area contributed by atoms with Gasteiger partial charge in [-0.05, 0) is 24.3 Å². The smallest absolute Gasteiger partial charge is 0.258 e. The Morgan fingerprint density at radius 2 is 1.76 bits per heavy atom. The molecule has 29 heavy (non-hydrogen) atoms. The molecule has 0 aliphatic rings. The SMILES string of the molecule is COc1ccc(-c2noc(CNC(=O)COc3ccccc3OC)n2)c(OC)c1. The highest BCUT2D eigenvalue weighted by molar-refractivity contribution is 5.77. The molecule has 3 aromatic rings. The summed E-state index contributed by atoms with van der Waals surface area (Å²) in [5.74, 6) is 2.50. The van der Waals surface area contributed by atoms with Crippen LogP contribution in [-0.2, 0) is 11.3 Å². The lowest BCUT2D eigenvalue weighted by Crippen LogP contribution is -2.28. The number of para-hydroxylation sites is 2. The van der Waals surface area contributed by atoms with Crippen molar-refractivity contribution in [2.45, 2.75) is 6.54 Å². The van der Waals surface area contributed by atoms with Gasteiger partial charge in [0, 0.05) is 6.07 Å². The first-order valence-electron chi connectivity index (χ1n) is 8.72. The zero-order chi connectivity index (χ0) is 20.6. The number of carbonyl (C=O) groups excluding carboxylic acids is 1.